The van der Waals surface area contributed by atoms with Crippen LogP contribution >= 0.6 is 11.3 Å². The van der Waals surface area contributed by atoms with Crippen LogP contribution in [0, 0.1) is 5.41 Å². The Hall–Kier alpha value is -1.73. The number of fused-ring (bicyclic) bond motifs is 1. The Kier molecular flexibility index (Phi) is 3.18. The molecule has 0 aromatic carbocycles. The molecule has 0 radical (unpaired) electrons. The molecule has 6 nitrogen and oxygen atoms in total. The number of thiophene rings is 1. The Morgan fingerprint density at radius 2 is 2.33 bits per heavy atom. The third-order valence-electron chi connectivity index (χ3n) is 2.76. The first kappa shape index (κ1) is 12.7. The molecular weight excluding hydrogens is 252 g/mol. The molecule has 3 N–H and O–H groups in total. The summed E-state index contributed by atoms with van der Waals surface area (Å²) < 4.78 is 1.43. The number of carbonyl (C=O) groups excluding carboxylic acids is 1. The van der Waals surface area contributed by atoms with Crippen molar-refractivity contribution >= 4 is 27.5 Å². The number of hydrogen-bond donors (Lipinski definition) is 2. The van der Waals surface area contributed by atoms with E-state index in [-0.39, 0.29) is 18.0 Å². The molecule has 18 heavy (non-hydrogen) atoms. The summed E-state index contributed by atoms with van der Waals surface area (Å²) in [5.41, 5.74) is 1.19. The third-order valence-corrected chi connectivity index (χ3v) is 3.58. The smallest absolute Gasteiger partial charge is 0.262 e. The largest absolute Gasteiger partial charge is 0.298 e. The number of amides is 1. The molecule has 0 bridgehead atoms. The summed E-state index contributed by atoms with van der Waals surface area (Å²) in [5, 5.41) is 2.40. The van der Waals surface area contributed by atoms with E-state index in [4.69, 9.17) is 5.84 Å². The van der Waals surface area contributed by atoms with Crippen LogP contribution < -0.4 is 16.8 Å². The quantitative estimate of drug-likeness (QED) is 0.480. The molecule has 7 heteroatoms. The second-order valence-corrected chi connectivity index (χ2v) is 5.57. The van der Waals surface area contributed by atoms with Crippen LogP contribution in [0.3, 0.4) is 0 Å². The van der Waals surface area contributed by atoms with E-state index in [1.165, 1.54) is 22.2 Å². The van der Waals surface area contributed by atoms with Crippen LogP contribution in [-0.2, 0) is 11.3 Å². The minimum atomic E-state index is -0.774. The van der Waals surface area contributed by atoms with Gasteiger partial charge in [0.2, 0.25) is 5.91 Å². The van der Waals surface area contributed by atoms with Gasteiger partial charge in [0.05, 0.1) is 17.1 Å². The van der Waals surface area contributed by atoms with E-state index in [0.29, 0.717) is 10.2 Å². The summed E-state index contributed by atoms with van der Waals surface area (Å²) in [4.78, 5) is 28.6. The standard InChI is InChI=1S/C11H14N4O2S/c1-11(2,10(17)14-12)5-15-6-13-8-7(9(15)16)3-4-18-8/h3-4,6H,5,12H2,1-2H3,(H,14,17). The zero-order valence-electron chi connectivity index (χ0n) is 10.1. The molecule has 0 saturated heterocycles. The van der Waals surface area contributed by atoms with Gasteiger partial charge in [0, 0.05) is 6.54 Å². The van der Waals surface area contributed by atoms with Crippen molar-refractivity contribution in [1.29, 1.82) is 0 Å². The number of rotatable bonds is 3. The fourth-order valence-electron chi connectivity index (χ4n) is 1.70. The van der Waals surface area contributed by atoms with Gasteiger partial charge in [0.1, 0.15) is 4.83 Å². The summed E-state index contributed by atoms with van der Waals surface area (Å²) >= 11 is 1.42. The highest BCUT2D eigenvalue weighted by Gasteiger charge is 2.28. The molecule has 0 spiro atoms. The fraction of sp³-hybridized carbons (Fsp3) is 0.364. The number of hydrogen-bond acceptors (Lipinski definition) is 5. The lowest BCUT2D eigenvalue weighted by atomic mass is 9.92. The first-order chi connectivity index (χ1) is 8.45. The van der Waals surface area contributed by atoms with Crippen LogP contribution in [0.5, 0.6) is 0 Å². The minimum absolute atomic E-state index is 0.140. The lowest BCUT2D eigenvalue weighted by molar-refractivity contribution is -0.130. The van der Waals surface area contributed by atoms with Crippen molar-refractivity contribution in [3.8, 4) is 0 Å². The second kappa shape index (κ2) is 4.51. The average Bonchev–Trinajstić information content (AvgIpc) is 2.80. The number of nitrogens with two attached hydrogens (primary N) is 1. The predicted molar refractivity (Wildman–Crippen MR) is 70.0 cm³/mol. The first-order valence-corrected chi connectivity index (χ1v) is 6.27. The summed E-state index contributed by atoms with van der Waals surface area (Å²) in [6.45, 7) is 3.67. The summed E-state index contributed by atoms with van der Waals surface area (Å²) in [6.07, 6.45) is 1.46. The van der Waals surface area contributed by atoms with Crippen molar-refractivity contribution < 1.29 is 4.79 Å². The molecule has 0 aliphatic heterocycles. The Morgan fingerprint density at radius 1 is 1.61 bits per heavy atom. The van der Waals surface area contributed by atoms with Crippen molar-refractivity contribution in [3.63, 3.8) is 0 Å². The molecule has 0 saturated carbocycles. The van der Waals surface area contributed by atoms with Crippen LogP contribution in [-0.4, -0.2) is 15.5 Å². The van der Waals surface area contributed by atoms with Gasteiger partial charge in [-0.05, 0) is 25.3 Å². The van der Waals surface area contributed by atoms with Crippen molar-refractivity contribution in [3.05, 3.63) is 28.1 Å². The Bertz CT molecular complexity index is 644. The van der Waals surface area contributed by atoms with Crippen LogP contribution in [0.1, 0.15) is 13.8 Å². The monoisotopic (exact) mass is 266 g/mol. The van der Waals surface area contributed by atoms with E-state index < -0.39 is 5.41 Å². The molecule has 2 heterocycles. The molecular formula is C11H14N4O2S. The van der Waals surface area contributed by atoms with Gasteiger partial charge in [-0.25, -0.2) is 10.8 Å². The van der Waals surface area contributed by atoms with Gasteiger partial charge in [-0.3, -0.25) is 19.6 Å². The van der Waals surface area contributed by atoms with E-state index in [1.807, 2.05) is 5.38 Å². The van der Waals surface area contributed by atoms with Gasteiger partial charge in [-0.2, -0.15) is 0 Å². The number of nitrogens with one attached hydrogen (secondary N) is 1. The Morgan fingerprint density at radius 3 is 3.00 bits per heavy atom. The van der Waals surface area contributed by atoms with E-state index in [0.717, 1.165) is 0 Å². The van der Waals surface area contributed by atoms with Gasteiger partial charge in [-0.1, -0.05) is 0 Å². The normalized spacial score (nSPS) is 11.7. The lowest BCUT2D eigenvalue weighted by Crippen LogP contribution is -2.44. The van der Waals surface area contributed by atoms with E-state index in [2.05, 4.69) is 10.4 Å². The van der Waals surface area contributed by atoms with Crippen LogP contribution in [0.25, 0.3) is 10.2 Å². The maximum atomic E-state index is 12.1. The van der Waals surface area contributed by atoms with Gasteiger partial charge in [-0.15, -0.1) is 11.3 Å². The molecule has 0 fully saturated rings. The Balaban J connectivity index is 2.41. The molecule has 1 amide bonds. The van der Waals surface area contributed by atoms with Crippen molar-refractivity contribution in [2.45, 2.75) is 20.4 Å². The Labute approximate surface area is 107 Å². The second-order valence-electron chi connectivity index (χ2n) is 4.67. The number of carbonyl (C=O) groups is 1. The molecule has 2 aromatic heterocycles. The highest BCUT2D eigenvalue weighted by molar-refractivity contribution is 7.16. The molecule has 96 valence electrons. The van der Waals surface area contributed by atoms with Crippen LogP contribution in [0.2, 0.25) is 0 Å². The third kappa shape index (κ3) is 2.14. The van der Waals surface area contributed by atoms with Gasteiger partial charge < -0.3 is 0 Å². The molecule has 0 aliphatic carbocycles. The summed E-state index contributed by atoms with van der Waals surface area (Å²) in [5.74, 6) is 4.80. The summed E-state index contributed by atoms with van der Waals surface area (Å²) in [6, 6.07) is 1.74. The van der Waals surface area contributed by atoms with Crippen molar-refractivity contribution in [2.24, 2.45) is 11.3 Å². The van der Waals surface area contributed by atoms with Crippen molar-refractivity contribution in [1.82, 2.24) is 15.0 Å². The molecule has 2 rings (SSSR count). The van der Waals surface area contributed by atoms with Crippen LogP contribution in [0.4, 0.5) is 0 Å². The van der Waals surface area contributed by atoms with E-state index in [1.54, 1.807) is 19.9 Å². The van der Waals surface area contributed by atoms with E-state index >= 15 is 0 Å². The highest BCUT2D eigenvalue weighted by Crippen LogP contribution is 2.18. The maximum Gasteiger partial charge on any atom is 0.262 e. The van der Waals surface area contributed by atoms with Gasteiger partial charge in [0.15, 0.2) is 0 Å². The zero-order chi connectivity index (χ0) is 13.3. The number of nitrogens with zero attached hydrogens (tertiary/aromatic N) is 2. The number of hydrazine groups is 1. The number of aromatic nitrogens is 2. The van der Waals surface area contributed by atoms with E-state index in [9.17, 15) is 9.59 Å². The fourth-order valence-corrected chi connectivity index (χ4v) is 2.42. The lowest BCUT2D eigenvalue weighted by Gasteiger charge is -2.22. The topological polar surface area (TPSA) is 90.0 Å². The SMILES string of the molecule is CC(C)(Cn1cnc2sccc2c1=O)C(=O)NN. The van der Waals surface area contributed by atoms with Gasteiger partial charge >= 0.3 is 0 Å². The van der Waals surface area contributed by atoms with Crippen LogP contribution in [0.15, 0.2) is 22.6 Å². The molecule has 2 aromatic rings. The maximum absolute atomic E-state index is 12.1. The molecule has 0 aliphatic rings. The van der Waals surface area contributed by atoms with Crippen molar-refractivity contribution in [2.75, 3.05) is 0 Å². The zero-order valence-corrected chi connectivity index (χ0v) is 11.0. The molecule has 0 atom stereocenters. The first-order valence-electron chi connectivity index (χ1n) is 5.39. The summed E-state index contributed by atoms with van der Waals surface area (Å²) in [7, 11) is 0. The minimum Gasteiger partial charge on any atom is -0.298 e. The highest BCUT2D eigenvalue weighted by atomic mass is 32.1. The molecule has 0 unspecified atom stereocenters. The van der Waals surface area contributed by atoms with Gasteiger partial charge in [0.25, 0.3) is 5.56 Å². The predicted octanol–water partition coefficient (Wildman–Crippen LogP) is 0.474. The average molecular weight is 266 g/mol.